The average Bonchev–Trinajstić information content (AvgIpc) is 2.46. The van der Waals surface area contributed by atoms with E-state index in [1.807, 2.05) is 41.5 Å². The number of terminal acetylenes is 1. The number of nitrogens with zero attached hydrogens (tertiary/aromatic N) is 1. The Balaban J connectivity index is 0. The van der Waals surface area contributed by atoms with Gasteiger partial charge in [0.15, 0.2) is 5.96 Å². The molecule has 6 nitrogen and oxygen atoms in total. The number of ether oxygens (including phenoxy) is 1. The third-order valence-electron chi connectivity index (χ3n) is 3.36. The average molecular weight is 452 g/mol. The molecular formula is C17H33IN4O2. The maximum absolute atomic E-state index is 12.1. The number of carbonyl (C=O) groups is 1. The summed E-state index contributed by atoms with van der Waals surface area (Å²) in [5, 5.41) is 9.15. The Labute approximate surface area is 164 Å². The van der Waals surface area contributed by atoms with Crippen LogP contribution in [0, 0.1) is 12.3 Å². The molecule has 0 aliphatic heterocycles. The number of rotatable bonds is 7. The van der Waals surface area contributed by atoms with Crippen LogP contribution in [0.1, 0.15) is 54.4 Å². The molecule has 24 heavy (non-hydrogen) atoms. The Hall–Kier alpha value is -1.17. The molecule has 0 bridgehead atoms. The first-order valence-electron chi connectivity index (χ1n) is 8.18. The molecule has 0 aromatic carbocycles. The summed E-state index contributed by atoms with van der Waals surface area (Å²) in [6, 6.07) is 0. The fourth-order valence-corrected chi connectivity index (χ4v) is 1.92. The van der Waals surface area contributed by atoms with Gasteiger partial charge in [-0.1, -0.05) is 19.8 Å². The van der Waals surface area contributed by atoms with Crippen LogP contribution in [0.4, 0.5) is 4.79 Å². The second-order valence-electron chi connectivity index (χ2n) is 6.37. The predicted molar refractivity (Wildman–Crippen MR) is 111 cm³/mol. The Bertz CT molecular complexity index is 435. The molecule has 0 aromatic heterocycles. The lowest BCUT2D eigenvalue weighted by molar-refractivity contribution is 0.0452. The number of amides is 1. The zero-order chi connectivity index (χ0) is 17.9. The van der Waals surface area contributed by atoms with E-state index in [2.05, 4.69) is 26.9 Å². The van der Waals surface area contributed by atoms with Crippen LogP contribution in [0.2, 0.25) is 0 Å². The highest BCUT2D eigenvalue weighted by Gasteiger charge is 2.30. The summed E-state index contributed by atoms with van der Waals surface area (Å²) in [5.41, 5.74) is -0.968. The summed E-state index contributed by atoms with van der Waals surface area (Å²) in [4.78, 5) is 16.6. The molecule has 0 atom stereocenters. The van der Waals surface area contributed by atoms with Crippen molar-refractivity contribution in [2.24, 2.45) is 4.99 Å². The Morgan fingerprint density at radius 2 is 1.75 bits per heavy atom. The molecule has 0 aliphatic rings. The second kappa shape index (κ2) is 12.2. The van der Waals surface area contributed by atoms with Crippen LogP contribution in [0.15, 0.2) is 4.99 Å². The van der Waals surface area contributed by atoms with Crippen LogP contribution in [0.25, 0.3) is 0 Å². The molecule has 140 valence electrons. The molecule has 0 fully saturated rings. The molecule has 0 aliphatic carbocycles. The zero-order valence-electron chi connectivity index (χ0n) is 15.8. The van der Waals surface area contributed by atoms with Gasteiger partial charge in [-0.2, -0.15) is 0 Å². The molecule has 7 heteroatoms. The highest BCUT2D eigenvalue weighted by Crippen LogP contribution is 2.17. The van der Waals surface area contributed by atoms with Crippen molar-refractivity contribution in [2.75, 3.05) is 19.6 Å². The predicted octanol–water partition coefficient (Wildman–Crippen LogP) is 2.88. The van der Waals surface area contributed by atoms with Gasteiger partial charge < -0.3 is 20.7 Å². The molecule has 0 heterocycles. The molecule has 0 unspecified atom stereocenters. The molecule has 0 spiro atoms. The minimum atomic E-state index is -0.524. The molecule has 3 N–H and O–H groups in total. The maximum Gasteiger partial charge on any atom is 0.408 e. The summed E-state index contributed by atoms with van der Waals surface area (Å²) in [5.74, 6) is 3.16. The van der Waals surface area contributed by atoms with Gasteiger partial charge >= 0.3 is 6.09 Å². The van der Waals surface area contributed by atoms with E-state index < -0.39 is 17.2 Å². The number of nitrogens with one attached hydrogen (secondary N) is 3. The van der Waals surface area contributed by atoms with Crippen LogP contribution >= 0.6 is 24.0 Å². The Morgan fingerprint density at radius 3 is 2.17 bits per heavy atom. The van der Waals surface area contributed by atoms with Crippen molar-refractivity contribution in [1.29, 1.82) is 0 Å². The molecule has 0 saturated heterocycles. The normalized spacial score (nSPS) is 11.8. The lowest BCUT2D eigenvalue weighted by Crippen LogP contribution is -2.52. The van der Waals surface area contributed by atoms with Gasteiger partial charge in [0.05, 0.1) is 18.6 Å². The first kappa shape index (κ1) is 25.1. The molecule has 1 amide bonds. The Morgan fingerprint density at radius 1 is 1.17 bits per heavy atom. The third-order valence-corrected chi connectivity index (χ3v) is 3.36. The molecule has 0 aromatic rings. The van der Waals surface area contributed by atoms with E-state index in [1.54, 1.807) is 0 Å². The summed E-state index contributed by atoms with van der Waals surface area (Å²) >= 11 is 0. The molecule has 0 saturated carbocycles. The summed E-state index contributed by atoms with van der Waals surface area (Å²) in [6.07, 6.45) is 6.35. The number of aliphatic imine (C=N–C) groups is 1. The minimum Gasteiger partial charge on any atom is -0.444 e. The van der Waals surface area contributed by atoms with Gasteiger partial charge in [0, 0.05) is 6.54 Å². The second-order valence-corrected chi connectivity index (χ2v) is 6.37. The fourth-order valence-electron chi connectivity index (χ4n) is 1.92. The van der Waals surface area contributed by atoms with Crippen molar-refractivity contribution >= 4 is 36.0 Å². The summed E-state index contributed by atoms with van der Waals surface area (Å²) in [7, 11) is 0. The first-order valence-corrected chi connectivity index (χ1v) is 8.18. The molecular weight excluding hydrogens is 419 g/mol. The quantitative estimate of drug-likeness (QED) is 0.240. The van der Waals surface area contributed by atoms with Gasteiger partial charge in [-0.15, -0.1) is 30.4 Å². The minimum absolute atomic E-state index is 0. The first-order chi connectivity index (χ1) is 10.7. The van der Waals surface area contributed by atoms with E-state index in [0.717, 1.165) is 19.4 Å². The number of hydrogen-bond acceptors (Lipinski definition) is 3. The highest BCUT2D eigenvalue weighted by molar-refractivity contribution is 14.0. The van der Waals surface area contributed by atoms with E-state index in [0.29, 0.717) is 19.0 Å². The number of alkyl carbamates (subject to hydrolysis) is 1. The van der Waals surface area contributed by atoms with Gasteiger partial charge in [-0.05, 0) is 40.5 Å². The monoisotopic (exact) mass is 452 g/mol. The number of carbonyl (C=O) groups excluding carboxylic acids is 1. The summed E-state index contributed by atoms with van der Waals surface area (Å²) < 4.78 is 5.36. The van der Waals surface area contributed by atoms with Crippen molar-refractivity contribution < 1.29 is 9.53 Å². The highest BCUT2D eigenvalue weighted by atomic mass is 127. The van der Waals surface area contributed by atoms with Crippen molar-refractivity contribution in [3.05, 3.63) is 0 Å². The largest absolute Gasteiger partial charge is 0.444 e. The standard InChI is InChI=1S/C17H32N4O2.HI/c1-8-12-19-14(18-11-4)20-13-17(9-2,10-3)21-15(22)23-16(5,6)7;/h1H,9-13H2,2-7H3,(H,21,22)(H2,18,19,20);1H. The summed E-state index contributed by atoms with van der Waals surface area (Å²) in [6.45, 7) is 13.2. The van der Waals surface area contributed by atoms with E-state index in [9.17, 15) is 4.79 Å². The van der Waals surface area contributed by atoms with E-state index in [-0.39, 0.29) is 24.0 Å². The van der Waals surface area contributed by atoms with E-state index >= 15 is 0 Å². The van der Waals surface area contributed by atoms with Crippen LogP contribution < -0.4 is 16.0 Å². The SMILES string of the molecule is C#CCNC(=NCC(CC)(CC)NC(=O)OC(C)(C)C)NCC.I. The molecule has 0 rings (SSSR count). The molecule has 0 radical (unpaired) electrons. The van der Waals surface area contributed by atoms with Crippen LogP contribution in [0.5, 0.6) is 0 Å². The smallest absolute Gasteiger partial charge is 0.408 e. The van der Waals surface area contributed by atoms with Gasteiger partial charge in [0.25, 0.3) is 0 Å². The van der Waals surface area contributed by atoms with Crippen LogP contribution in [0.3, 0.4) is 0 Å². The number of halogens is 1. The van der Waals surface area contributed by atoms with Gasteiger partial charge in [0.1, 0.15) is 5.60 Å². The van der Waals surface area contributed by atoms with Crippen molar-refractivity contribution in [2.45, 2.75) is 65.5 Å². The van der Waals surface area contributed by atoms with E-state index in [4.69, 9.17) is 11.2 Å². The zero-order valence-corrected chi connectivity index (χ0v) is 18.1. The van der Waals surface area contributed by atoms with E-state index in [1.165, 1.54) is 0 Å². The van der Waals surface area contributed by atoms with Crippen molar-refractivity contribution in [1.82, 2.24) is 16.0 Å². The van der Waals surface area contributed by atoms with Crippen molar-refractivity contribution in [3.63, 3.8) is 0 Å². The lowest BCUT2D eigenvalue weighted by Gasteiger charge is -2.32. The maximum atomic E-state index is 12.1. The van der Waals surface area contributed by atoms with Gasteiger partial charge in [0.2, 0.25) is 0 Å². The third kappa shape index (κ3) is 10.6. The topological polar surface area (TPSA) is 74.8 Å². The van der Waals surface area contributed by atoms with Gasteiger partial charge in [-0.3, -0.25) is 4.99 Å². The van der Waals surface area contributed by atoms with Crippen LogP contribution in [-0.2, 0) is 4.74 Å². The number of guanidine groups is 1. The van der Waals surface area contributed by atoms with Crippen molar-refractivity contribution in [3.8, 4) is 12.3 Å². The number of hydrogen-bond donors (Lipinski definition) is 3. The van der Waals surface area contributed by atoms with Gasteiger partial charge in [-0.25, -0.2) is 4.79 Å². The fraction of sp³-hybridized carbons (Fsp3) is 0.765. The lowest BCUT2D eigenvalue weighted by atomic mass is 9.93. The Kier molecular flexibility index (Phi) is 12.8. The van der Waals surface area contributed by atoms with Crippen LogP contribution in [-0.4, -0.2) is 42.8 Å².